The van der Waals surface area contributed by atoms with E-state index in [2.05, 4.69) is 9.97 Å². The Hall–Kier alpha value is -5.32. The minimum Gasteiger partial charge on any atom is -0.443 e. The van der Waals surface area contributed by atoms with Crippen LogP contribution >= 0.6 is 34.8 Å². The Balaban J connectivity index is 0.000000194. The zero-order valence-corrected chi connectivity index (χ0v) is 30.1. The lowest BCUT2D eigenvalue weighted by molar-refractivity contribution is -0.138. The van der Waals surface area contributed by atoms with Gasteiger partial charge in [0.2, 0.25) is 0 Å². The normalized spacial score (nSPS) is 11.7. The first-order valence-corrected chi connectivity index (χ1v) is 16.2. The topological polar surface area (TPSA) is 136 Å². The van der Waals surface area contributed by atoms with Gasteiger partial charge < -0.3 is 14.7 Å². The number of hydrogen-bond acceptors (Lipinski definition) is 6. The average molecular weight is 818 g/mol. The predicted molar refractivity (Wildman–Crippen MR) is 190 cm³/mol. The molecule has 0 saturated heterocycles. The van der Waals surface area contributed by atoms with Gasteiger partial charge in [-0.2, -0.15) is 30.9 Å². The van der Waals surface area contributed by atoms with Crippen LogP contribution in [0.25, 0.3) is 22.1 Å². The lowest BCUT2D eigenvalue weighted by atomic mass is 10.2. The second-order valence-electron chi connectivity index (χ2n) is 12.1. The quantitative estimate of drug-likeness (QED) is 0.132. The molecule has 6 aromatic rings. The van der Waals surface area contributed by atoms with E-state index in [1.165, 1.54) is 24.3 Å². The Morgan fingerprint density at radius 1 is 0.611 bits per heavy atom. The molecule has 4 aromatic carbocycles. The number of carbonyl (C=O) groups excluding carboxylic acids is 3. The summed E-state index contributed by atoms with van der Waals surface area (Å²) in [6.07, 6.45) is -10.1. The molecule has 19 heteroatoms. The molecule has 0 fully saturated rings. The summed E-state index contributed by atoms with van der Waals surface area (Å²) in [6, 6.07) is 17.6. The second kappa shape index (κ2) is 16.0. The fourth-order valence-corrected chi connectivity index (χ4v) is 4.94. The SMILES string of the molecule is CC(C)(C)OC(=O)n1c(=O)[nH]c2ccc(C(F)(F)F)cc21.O=C(Cl)c1ccc(Cl)cc1.O=C(c1ccc(Cl)cc1)n1c(=O)[nH]c2cc(C(F)(F)F)ccc21. The van der Waals surface area contributed by atoms with Crippen molar-refractivity contribution < 1.29 is 45.5 Å². The molecule has 0 atom stereocenters. The van der Waals surface area contributed by atoms with E-state index in [4.69, 9.17) is 39.5 Å². The van der Waals surface area contributed by atoms with Crippen LogP contribution < -0.4 is 11.4 Å². The summed E-state index contributed by atoms with van der Waals surface area (Å²) >= 11 is 16.5. The first-order chi connectivity index (χ1) is 25.0. The maximum absolute atomic E-state index is 12.7. The Bertz CT molecular complexity index is 2460. The van der Waals surface area contributed by atoms with Crippen molar-refractivity contribution in [3.63, 3.8) is 0 Å². The molecule has 0 spiro atoms. The Labute approximate surface area is 314 Å². The van der Waals surface area contributed by atoms with Crippen LogP contribution in [0.15, 0.2) is 94.5 Å². The zero-order valence-electron chi connectivity index (χ0n) is 27.8. The van der Waals surface area contributed by atoms with Crippen molar-refractivity contribution in [2.24, 2.45) is 0 Å². The average Bonchev–Trinajstić information content (AvgIpc) is 3.58. The fraction of sp³-hybridized carbons (Fsp3) is 0.171. The van der Waals surface area contributed by atoms with Gasteiger partial charge >= 0.3 is 29.8 Å². The predicted octanol–water partition coefficient (Wildman–Crippen LogP) is 9.54. The van der Waals surface area contributed by atoms with Gasteiger partial charge in [-0.3, -0.25) is 9.59 Å². The van der Waals surface area contributed by atoms with Gasteiger partial charge in [-0.1, -0.05) is 23.2 Å². The maximum atomic E-state index is 12.7. The van der Waals surface area contributed by atoms with Crippen molar-refractivity contribution in [1.82, 2.24) is 19.1 Å². The first-order valence-electron chi connectivity index (χ1n) is 15.1. The number of halogens is 9. The molecule has 2 aromatic heterocycles. The van der Waals surface area contributed by atoms with Gasteiger partial charge in [0.05, 0.1) is 33.2 Å². The van der Waals surface area contributed by atoms with Gasteiger partial charge in [0.15, 0.2) is 0 Å². The van der Waals surface area contributed by atoms with Gasteiger partial charge in [-0.15, -0.1) is 0 Å². The third-order valence-corrected chi connectivity index (χ3v) is 7.68. The van der Waals surface area contributed by atoms with E-state index in [9.17, 15) is 50.3 Å². The number of nitrogens with one attached hydrogen (secondary N) is 2. The third-order valence-electron chi connectivity index (χ3n) is 6.96. The molecule has 0 aliphatic rings. The molecule has 0 aliphatic heterocycles. The summed E-state index contributed by atoms with van der Waals surface area (Å²) in [5.41, 5.74) is -3.77. The maximum Gasteiger partial charge on any atom is 0.423 e. The molecule has 0 radical (unpaired) electrons. The molecule has 2 N–H and O–H groups in total. The van der Waals surface area contributed by atoms with E-state index in [-0.39, 0.29) is 27.6 Å². The Morgan fingerprint density at radius 2 is 1.07 bits per heavy atom. The molecule has 0 aliphatic carbocycles. The highest BCUT2D eigenvalue weighted by atomic mass is 35.5. The van der Waals surface area contributed by atoms with Crippen molar-refractivity contribution in [2.75, 3.05) is 0 Å². The van der Waals surface area contributed by atoms with E-state index in [1.54, 1.807) is 45.0 Å². The monoisotopic (exact) mass is 816 g/mol. The number of aromatic nitrogens is 4. The van der Waals surface area contributed by atoms with Gasteiger partial charge in [0, 0.05) is 21.2 Å². The molecule has 6 rings (SSSR count). The molecule has 0 saturated carbocycles. The number of benzene rings is 4. The van der Waals surface area contributed by atoms with Crippen LogP contribution in [-0.2, 0) is 17.1 Å². The summed E-state index contributed by atoms with van der Waals surface area (Å²) in [7, 11) is 0. The number of aromatic amines is 2. The van der Waals surface area contributed by atoms with Crippen LogP contribution in [-0.4, -0.2) is 41.9 Å². The smallest absolute Gasteiger partial charge is 0.423 e. The van der Waals surface area contributed by atoms with Crippen LogP contribution in [0.2, 0.25) is 10.0 Å². The summed E-state index contributed by atoms with van der Waals surface area (Å²) in [5.74, 6) is -0.655. The number of alkyl halides is 6. The molecule has 0 unspecified atom stereocenters. The standard InChI is InChI=1S/C15H8ClF3N2O2.C13H13F3N2O3.C7H4Cl2O/c16-10-4-1-8(2-5-10)13(22)21-12-6-3-9(15(17,18)19)7-11(12)20-14(21)23;1-12(2,3)21-11(20)18-9-6-7(13(14,15)16)4-5-8(9)17-10(18)19;8-6-3-1-5(2-4-6)7(9)10/h1-7H,(H,20,23);4-6H,1-3H3,(H,17,19);1-4H. The molecule has 2 heterocycles. The van der Waals surface area contributed by atoms with Crippen molar-refractivity contribution in [3.05, 3.63) is 138 Å². The van der Waals surface area contributed by atoms with Gasteiger partial charge in [-0.25, -0.2) is 19.0 Å². The summed E-state index contributed by atoms with van der Waals surface area (Å²) in [5, 5.41) is 0.556. The fourth-order valence-electron chi connectivity index (χ4n) is 4.56. The van der Waals surface area contributed by atoms with Gasteiger partial charge in [-0.05, 0) is 117 Å². The van der Waals surface area contributed by atoms with Crippen molar-refractivity contribution in [2.45, 2.75) is 38.7 Å². The van der Waals surface area contributed by atoms with E-state index >= 15 is 0 Å². The number of hydrogen-bond donors (Lipinski definition) is 2. The van der Waals surface area contributed by atoms with Crippen molar-refractivity contribution in [1.29, 1.82) is 0 Å². The molecule has 54 heavy (non-hydrogen) atoms. The zero-order chi connectivity index (χ0) is 40.3. The Kier molecular flexibility index (Phi) is 12.2. The van der Waals surface area contributed by atoms with Crippen molar-refractivity contribution in [3.8, 4) is 0 Å². The van der Waals surface area contributed by atoms with Crippen molar-refractivity contribution >= 4 is 74.1 Å². The summed E-state index contributed by atoms with van der Waals surface area (Å²) in [6.45, 7) is 4.77. The minimum absolute atomic E-state index is 0.0628. The van der Waals surface area contributed by atoms with Gasteiger partial charge in [0.1, 0.15) is 5.60 Å². The highest BCUT2D eigenvalue weighted by Gasteiger charge is 2.32. The van der Waals surface area contributed by atoms with Crippen LogP contribution in [0, 0.1) is 0 Å². The van der Waals surface area contributed by atoms with E-state index < -0.39 is 57.7 Å². The molecular weight excluding hydrogens is 793 g/mol. The number of carbonyl (C=O) groups is 3. The number of rotatable bonds is 2. The Morgan fingerprint density at radius 3 is 1.57 bits per heavy atom. The van der Waals surface area contributed by atoms with Gasteiger partial charge in [0.25, 0.3) is 11.1 Å². The lowest BCUT2D eigenvalue weighted by Crippen LogP contribution is -2.32. The largest absolute Gasteiger partial charge is 0.443 e. The van der Waals surface area contributed by atoms with Crippen LogP contribution in [0.4, 0.5) is 31.1 Å². The molecule has 0 bridgehead atoms. The van der Waals surface area contributed by atoms with Crippen LogP contribution in [0.5, 0.6) is 0 Å². The third kappa shape index (κ3) is 10.2. The number of nitrogens with zero attached hydrogens (tertiary/aromatic N) is 2. The molecule has 10 nitrogen and oxygen atoms in total. The number of imidazole rings is 2. The van der Waals surface area contributed by atoms with E-state index in [0.717, 1.165) is 41.0 Å². The van der Waals surface area contributed by atoms with Crippen LogP contribution in [0.1, 0.15) is 52.6 Å². The number of ether oxygens (including phenoxy) is 1. The van der Waals surface area contributed by atoms with E-state index in [1.807, 2.05) is 0 Å². The molecular formula is C35H25Cl3F6N4O6. The molecule has 0 amide bonds. The minimum atomic E-state index is -4.57. The number of H-pyrrole nitrogens is 2. The number of fused-ring (bicyclic) bond motifs is 2. The highest BCUT2D eigenvalue weighted by molar-refractivity contribution is 6.67. The van der Waals surface area contributed by atoms with E-state index in [0.29, 0.717) is 20.2 Å². The molecule has 284 valence electrons. The second-order valence-corrected chi connectivity index (χ2v) is 13.3. The summed E-state index contributed by atoms with van der Waals surface area (Å²) in [4.78, 5) is 63.1. The summed E-state index contributed by atoms with van der Waals surface area (Å²) < 4.78 is 82.6. The first kappa shape index (κ1) is 41.4. The lowest BCUT2D eigenvalue weighted by Gasteiger charge is -2.19. The van der Waals surface area contributed by atoms with Crippen LogP contribution in [0.3, 0.4) is 0 Å². The highest BCUT2D eigenvalue weighted by Crippen LogP contribution is 2.32.